The van der Waals surface area contributed by atoms with Gasteiger partial charge in [0.25, 0.3) is 0 Å². The molecule has 0 heterocycles. The molecule has 422 valence electrons. The lowest BCUT2D eigenvalue weighted by molar-refractivity contribution is 0.435. The molecule has 8 aromatic rings. The van der Waals surface area contributed by atoms with Gasteiger partial charge in [0.2, 0.25) is 0 Å². The zero-order valence-electron chi connectivity index (χ0n) is 52.8. The second-order valence-corrected chi connectivity index (χ2v) is 27.3. The molecule has 4 aliphatic rings. The average Bonchev–Trinajstić information content (AvgIpc) is 2.50. The zero-order valence-corrected chi connectivity index (χ0v) is 52.8. The molecule has 0 nitrogen and oxygen atoms in total. The van der Waals surface area contributed by atoms with Gasteiger partial charge in [0.1, 0.15) is 0 Å². The molecule has 0 saturated carbocycles. The van der Waals surface area contributed by atoms with Crippen LogP contribution in [-0.4, -0.2) is 0 Å². The number of fused-ring (bicyclic) bond motifs is 12. The molecule has 0 saturated heterocycles. The quantitative estimate of drug-likeness (QED) is 0.0757. The van der Waals surface area contributed by atoms with Crippen LogP contribution in [0.5, 0.6) is 0 Å². The van der Waals surface area contributed by atoms with Crippen LogP contribution >= 0.6 is 0 Å². The van der Waals surface area contributed by atoms with Gasteiger partial charge in [-0.3, -0.25) is 0 Å². The van der Waals surface area contributed by atoms with Crippen LogP contribution in [0.4, 0.5) is 0 Å². The normalized spacial score (nSPS) is 16.0. The smallest absolute Gasteiger partial charge is 0.0215 e. The van der Waals surface area contributed by atoms with Gasteiger partial charge >= 0.3 is 0 Å². The second kappa shape index (κ2) is 20.8. The van der Waals surface area contributed by atoms with Crippen LogP contribution in [0.3, 0.4) is 0 Å². The minimum atomic E-state index is -0.0487. The highest BCUT2D eigenvalue weighted by molar-refractivity contribution is 5.91. The van der Waals surface area contributed by atoms with E-state index in [0.717, 1.165) is 89.9 Å². The highest BCUT2D eigenvalue weighted by Gasteiger charge is 2.47. The van der Waals surface area contributed by atoms with Crippen molar-refractivity contribution in [2.75, 3.05) is 0 Å². The van der Waals surface area contributed by atoms with Gasteiger partial charge in [-0.25, -0.2) is 0 Å². The fourth-order valence-corrected chi connectivity index (χ4v) is 17.4. The maximum Gasteiger partial charge on any atom is 0.0215 e. The van der Waals surface area contributed by atoms with Crippen LogP contribution in [0, 0.1) is 0 Å². The van der Waals surface area contributed by atoms with E-state index in [1.807, 2.05) is 0 Å². The van der Waals surface area contributed by atoms with Crippen molar-refractivity contribution in [3.05, 3.63) is 201 Å². The third kappa shape index (κ3) is 8.09. The number of rotatable bonds is 19. The number of benzene rings is 8. The van der Waals surface area contributed by atoms with Gasteiger partial charge in [0.05, 0.1) is 0 Å². The van der Waals surface area contributed by atoms with E-state index in [4.69, 9.17) is 0 Å². The number of hydrogen-bond acceptors (Lipinski definition) is 0. The van der Waals surface area contributed by atoms with E-state index >= 15 is 0 Å². The molecule has 82 heavy (non-hydrogen) atoms. The van der Waals surface area contributed by atoms with Crippen molar-refractivity contribution >= 4 is 0 Å². The summed E-state index contributed by atoms with van der Waals surface area (Å²) >= 11 is 0. The van der Waals surface area contributed by atoms with Crippen molar-refractivity contribution in [2.24, 2.45) is 0 Å². The molecule has 0 unspecified atom stereocenters. The Morgan fingerprint density at radius 1 is 0.244 bits per heavy atom. The Balaban J connectivity index is 0.911. The SMILES string of the molecule is CCCC1(CCC)c2cc(-c3ccc4c(c3)C(CC)(CC)c3cc(C(C)(C)CC)ccc3-4)ccc2-c2ccc(-c3ccc4c(c3)C(CCC)(CCC)c3cc(-c5ccc6c(c5)C(CC)(CC)c5cc(C(C)(C)CC)ccc5-6)ccc3-4)cc21. The van der Waals surface area contributed by atoms with E-state index in [9.17, 15) is 0 Å². The van der Waals surface area contributed by atoms with E-state index < -0.39 is 0 Å². The highest BCUT2D eigenvalue weighted by atomic mass is 14.5. The van der Waals surface area contributed by atoms with Crippen molar-refractivity contribution in [3.8, 4) is 77.9 Å². The minimum absolute atomic E-state index is 0.0125. The summed E-state index contributed by atoms with van der Waals surface area (Å²) in [5.41, 5.74) is 35.0. The molecule has 4 aliphatic carbocycles. The molecule has 0 heteroatoms. The molecule has 8 aromatic carbocycles. The Morgan fingerprint density at radius 2 is 0.439 bits per heavy atom. The van der Waals surface area contributed by atoms with Crippen LogP contribution in [0.1, 0.15) is 242 Å². The summed E-state index contributed by atoms with van der Waals surface area (Å²) in [5.74, 6) is 0. The fourth-order valence-electron chi connectivity index (χ4n) is 17.4. The third-order valence-corrected chi connectivity index (χ3v) is 22.9. The van der Waals surface area contributed by atoms with Crippen molar-refractivity contribution in [2.45, 2.75) is 219 Å². The van der Waals surface area contributed by atoms with Crippen LogP contribution in [0.2, 0.25) is 0 Å². The summed E-state index contributed by atoms with van der Waals surface area (Å²) in [7, 11) is 0. The Bertz CT molecular complexity index is 3520. The van der Waals surface area contributed by atoms with Crippen LogP contribution in [0.25, 0.3) is 77.9 Å². The molecule has 0 aliphatic heterocycles. The van der Waals surface area contributed by atoms with Gasteiger partial charge in [-0.1, -0.05) is 232 Å². The fraction of sp³-hybridized carbons (Fsp3) is 0.415. The number of hydrogen-bond donors (Lipinski definition) is 0. The molecular formula is C82H94. The monoisotopic (exact) mass is 1080 g/mol. The standard InChI is InChI=1S/C82H94/c1-15-41-81(42-16-2)71-47-55(53-25-33-61-67-39-31-59(77(11,12)19-5)51-75(67)79(21-7,22-8)69(61)45-53)27-35-63(71)65-37-29-57(49-73(65)81)58-30-38-66-64-36-28-56(48-72(64)82(43-17-3,44-18-4)74(66)50-58)54-26-34-62-68-40-32-60(78(13,14)20-6)52-76(68)80(23-9,24-10)70(62)46-54/h25-40,45-52H,15-24,41-44H2,1-14H3. The lowest BCUT2D eigenvalue weighted by Crippen LogP contribution is -2.25. The van der Waals surface area contributed by atoms with Crippen molar-refractivity contribution in [1.82, 2.24) is 0 Å². The van der Waals surface area contributed by atoms with Crippen LogP contribution in [-0.2, 0) is 32.5 Å². The molecule has 0 N–H and O–H groups in total. The van der Waals surface area contributed by atoms with Gasteiger partial charge in [-0.2, -0.15) is 0 Å². The van der Waals surface area contributed by atoms with Crippen molar-refractivity contribution in [3.63, 3.8) is 0 Å². The van der Waals surface area contributed by atoms with Crippen molar-refractivity contribution < 1.29 is 0 Å². The van der Waals surface area contributed by atoms with Crippen LogP contribution < -0.4 is 0 Å². The van der Waals surface area contributed by atoms with E-state index in [1.54, 1.807) is 0 Å². The molecular weight excluding hydrogens is 985 g/mol. The lowest BCUT2D eigenvalue weighted by Gasteiger charge is -2.33. The topological polar surface area (TPSA) is 0 Å². The largest absolute Gasteiger partial charge is 0.0653 e. The van der Waals surface area contributed by atoms with E-state index in [2.05, 4.69) is 243 Å². The van der Waals surface area contributed by atoms with Gasteiger partial charge in [-0.15, -0.1) is 0 Å². The highest BCUT2D eigenvalue weighted by Crippen LogP contribution is 2.60. The summed E-state index contributed by atoms with van der Waals surface area (Å²) in [5, 5.41) is 0. The predicted octanol–water partition coefficient (Wildman–Crippen LogP) is 24.0. The first kappa shape index (κ1) is 56.3. The van der Waals surface area contributed by atoms with Gasteiger partial charge in [0, 0.05) is 21.7 Å². The van der Waals surface area contributed by atoms with Gasteiger partial charge < -0.3 is 0 Å². The summed E-state index contributed by atoms with van der Waals surface area (Å²) in [6.45, 7) is 33.6. The second-order valence-electron chi connectivity index (χ2n) is 27.3. The summed E-state index contributed by atoms with van der Waals surface area (Å²) in [6, 6.07) is 60.2. The molecule has 0 bridgehead atoms. The average molecular weight is 1080 g/mol. The molecule has 0 atom stereocenters. The first-order valence-corrected chi connectivity index (χ1v) is 32.8. The summed E-state index contributed by atoms with van der Waals surface area (Å²) < 4.78 is 0. The Hall–Kier alpha value is -6.24. The maximum absolute atomic E-state index is 2.64. The molecule has 0 aromatic heterocycles. The molecule has 0 spiro atoms. The lowest BCUT2D eigenvalue weighted by atomic mass is 9.70. The van der Waals surface area contributed by atoms with E-state index in [1.165, 1.54) is 134 Å². The predicted molar refractivity (Wildman–Crippen MR) is 355 cm³/mol. The van der Waals surface area contributed by atoms with Crippen LogP contribution in [0.15, 0.2) is 146 Å². The van der Waals surface area contributed by atoms with Gasteiger partial charge in [-0.05, 0) is 245 Å². The Kier molecular flexibility index (Phi) is 14.3. The third-order valence-electron chi connectivity index (χ3n) is 22.9. The first-order chi connectivity index (χ1) is 39.6. The molecule has 12 rings (SSSR count). The molecule has 0 fully saturated rings. The summed E-state index contributed by atoms with van der Waals surface area (Å²) in [6.07, 6.45) is 15.8. The molecule has 0 amide bonds. The Morgan fingerprint density at radius 3 is 0.634 bits per heavy atom. The maximum atomic E-state index is 2.64. The van der Waals surface area contributed by atoms with Gasteiger partial charge in [0.15, 0.2) is 0 Å². The molecule has 0 radical (unpaired) electrons. The van der Waals surface area contributed by atoms with Crippen molar-refractivity contribution in [1.29, 1.82) is 0 Å². The van der Waals surface area contributed by atoms with E-state index in [-0.39, 0.29) is 32.5 Å². The Labute approximate surface area is 495 Å². The minimum Gasteiger partial charge on any atom is -0.0653 e. The first-order valence-electron chi connectivity index (χ1n) is 32.8. The van der Waals surface area contributed by atoms with E-state index in [0.29, 0.717) is 0 Å². The summed E-state index contributed by atoms with van der Waals surface area (Å²) in [4.78, 5) is 0. The zero-order chi connectivity index (χ0) is 57.7.